The fourth-order valence-corrected chi connectivity index (χ4v) is 3.43. The SMILES string of the molecule is Cc1ccc(NC(=O)CC(=O)N2CCC(Cc3ccccc3)CC2)cc1. The summed E-state index contributed by atoms with van der Waals surface area (Å²) in [5.41, 5.74) is 3.22. The number of hydrogen-bond donors (Lipinski definition) is 1. The minimum atomic E-state index is -0.245. The quantitative estimate of drug-likeness (QED) is 0.834. The van der Waals surface area contributed by atoms with Crippen LogP contribution in [0.25, 0.3) is 0 Å². The molecular formula is C22H26N2O2. The number of aryl methyl sites for hydroxylation is 1. The molecule has 1 aliphatic heterocycles. The van der Waals surface area contributed by atoms with Gasteiger partial charge < -0.3 is 10.2 Å². The molecule has 0 unspecified atom stereocenters. The highest BCUT2D eigenvalue weighted by atomic mass is 16.2. The van der Waals surface area contributed by atoms with E-state index in [4.69, 9.17) is 0 Å². The predicted octanol–water partition coefficient (Wildman–Crippen LogP) is 3.80. The van der Waals surface area contributed by atoms with Crippen molar-refractivity contribution in [2.45, 2.75) is 32.6 Å². The maximum atomic E-state index is 12.4. The molecule has 0 radical (unpaired) electrons. The lowest BCUT2D eigenvalue weighted by Gasteiger charge is -2.32. The van der Waals surface area contributed by atoms with Crippen molar-refractivity contribution in [1.29, 1.82) is 0 Å². The molecule has 1 saturated heterocycles. The van der Waals surface area contributed by atoms with Crippen molar-refractivity contribution < 1.29 is 9.59 Å². The van der Waals surface area contributed by atoms with Gasteiger partial charge in [0.15, 0.2) is 0 Å². The number of amides is 2. The smallest absolute Gasteiger partial charge is 0.233 e. The molecule has 0 atom stereocenters. The summed E-state index contributed by atoms with van der Waals surface area (Å²) in [5.74, 6) is 0.292. The first-order valence-electron chi connectivity index (χ1n) is 9.28. The summed E-state index contributed by atoms with van der Waals surface area (Å²) in [6.45, 7) is 3.48. The molecule has 3 rings (SSSR count). The van der Waals surface area contributed by atoms with Gasteiger partial charge in [0.05, 0.1) is 0 Å². The fourth-order valence-electron chi connectivity index (χ4n) is 3.43. The molecule has 0 saturated carbocycles. The van der Waals surface area contributed by atoms with Crippen molar-refractivity contribution in [3.8, 4) is 0 Å². The molecule has 0 spiro atoms. The molecule has 1 aliphatic rings. The Labute approximate surface area is 155 Å². The average Bonchev–Trinajstić information content (AvgIpc) is 2.65. The number of anilines is 1. The molecule has 4 heteroatoms. The van der Waals surface area contributed by atoms with E-state index in [0.717, 1.165) is 43.6 Å². The van der Waals surface area contributed by atoms with Gasteiger partial charge in [-0.15, -0.1) is 0 Å². The Morgan fingerprint density at radius 2 is 1.65 bits per heavy atom. The molecule has 4 nitrogen and oxygen atoms in total. The largest absolute Gasteiger partial charge is 0.342 e. The van der Waals surface area contributed by atoms with E-state index >= 15 is 0 Å². The normalized spacial score (nSPS) is 14.9. The van der Waals surface area contributed by atoms with Gasteiger partial charge in [-0.1, -0.05) is 48.0 Å². The van der Waals surface area contributed by atoms with Gasteiger partial charge in [-0.05, 0) is 49.8 Å². The number of piperidine rings is 1. The van der Waals surface area contributed by atoms with Crippen LogP contribution in [-0.2, 0) is 16.0 Å². The third-order valence-corrected chi connectivity index (χ3v) is 4.98. The van der Waals surface area contributed by atoms with Gasteiger partial charge >= 0.3 is 0 Å². The topological polar surface area (TPSA) is 49.4 Å². The van der Waals surface area contributed by atoms with E-state index < -0.39 is 0 Å². The Bertz CT molecular complexity index is 732. The molecule has 1 N–H and O–H groups in total. The van der Waals surface area contributed by atoms with Gasteiger partial charge in [-0.3, -0.25) is 9.59 Å². The molecule has 26 heavy (non-hydrogen) atoms. The number of likely N-dealkylation sites (tertiary alicyclic amines) is 1. The lowest BCUT2D eigenvalue weighted by Crippen LogP contribution is -2.40. The van der Waals surface area contributed by atoms with E-state index in [9.17, 15) is 9.59 Å². The van der Waals surface area contributed by atoms with Gasteiger partial charge in [0.25, 0.3) is 0 Å². The Morgan fingerprint density at radius 3 is 2.31 bits per heavy atom. The molecule has 2 aromatic carbocycles. The summed E-state index contributed by atoms with van der Waals surface area (Å²) in [5, 5.41) is 2.79. The maximum absolute atomic E-state index is 12.4. The van der Waals surface area contributed by atoms with Gasteiger partial charge in [0.2, 0.25) is 11.8 Å². The van der Waals surface area contributed by atoms with Gasteiger partial charge in [-0.2, -0.15) is 0 Å². The number of carbonyl (C=O) groups is 2. The highest BCUT2D eigenvalue weighted by Crippen LogP contribution is 2.22. The Kier molecular flexibility index (Phi) is 6.05. The Balaban J connectivity index is 1.43. The van der Waals surface area contributed by atoms with E-state index in [-0.39, 0.29) is 18.2 Å². The van der Waals surface area contributed by atoms with Crippen molar-refractivity contribution >= 4 is 17.5 Å². The molecule has 1 fully saturated rings. The monoisotopic (exact) mass is 350 g/mol. The summed E-state index contributed by atoms with van der Waals surface area (Å²) < 4.78 is 0. The fraction of sp³-hybridized carbons (Fsp3) is 0.364. The van der Waals surface area contributed by atoms with Crippen LogP contribution in [-0.4, -0.2) is 29.8 Å². The van der Waals surface area contributed by atoms with Crippen LogP contribution in [0.4, 0.5) is 5.69 Å². The van der Waals surface area contributed by atoms with Crippen molar-refractivity contribution in [1.82, 2.24) is 4.90 Å². The summed E-state index contributed by atoms with van der Waals surface area (Å²) in [4.78, 5) is 26.3. The first kappa shape index (κ1) is 18.2. The van der Waals surface area contributed by atoms with Gasteiger partial charge in [0, 0.05) is 18.8 Å². The third-order valence-electron chi connectivity index (χ3n) is 4.98. The summed E-state index contributed by atoms with van der Waals surface area (Å²) >= 11 is 0. The summed E-state index contributed by atoms with van der Waals surface area (Å²) in [6, 6.07) is 18.1. The average molecular weight is 350 g/mol. The van der Waals surface area contributed by atoms with Gasteiger partial charge in [0.1, 0.15) is 6.42 Å². The summed E-state index contributed by atoms with van der Waals surface area (Å²) in [7, 11) is 0. The highest BCUT2D eigenvalue weighted by molar-refractivity contribution is 6.03. The predicted molar refractivity (Wildman–Crippen MR) is 104 cm³/mol. The summed E-state index contributed by atoms with van der Waals surface area (Å²) in [6.07, 6.45) is 2.98. The number of nitrogens with zero attached hydrogens (tertiary/aromatic N) is 1. The zero-order valence-corrected chi connectivity index (χ0v) is 15.3. The first-order chi connectivity index (χ1) is 12.6. The second-order valence-electron chi connectivity index (χ2n) is 7.10. The van der Waals surface area contributed by atoms with Crippen LogP contribution < -0.4 is 5.32 Å². The van der Waals surface area contributed by atoms with Crippen LogP contribution in [0.3, 0.4) is 0 Å². The molecule has 0 aliphatic carbocycles. The van der Waals surface area contributed by atoms with Gasteiger partial charge in [-0.25, -0.2) is 0 Å². The van der Waals surface area contributed by atoms with Crippen molar-refractivity contribution in [2.75, 3.05) is 18.4 Å². The molecule has 1 heterocycles. The van der Waals surface area contributed by atoms with E-state index in [0.29, 0.717) is 5.92 Å². The Hall–Kier alpha value is -2.62. The van der Waals surface area contributed by atoms with E-state index in [1.807, 2.05) is 42.2 Å². The second kappa shape index (κ2) is 8.65. The number of benzene rings is 2. The van der Waals surface area contributed by atoms with Crippen LogP contribution in [0, 0.1) is 12.8 Å². The van der Waals surface area contributed by atoms with Crippen LogP contribution in [0.2, 0.25) is 0 Å². The van der Waals surface area contributed by atoms with Crippen molar-refractivity contribution in [2.24, 2.45) is 5.92 Å². The number of carbonyl (C=O) groups excluding carboxylic acids is 2. The second-order valence-corrected chi connectivity index (χ2v) is 7.10. The lowest BCUT2D eigenvalue weighted by atomic mass is 9.90. The number of hydrogen-bond acceptors (Lipinski definition) is 2. The molecule has 2 aromatic rings. The number of rotatable bonds is 5. The molecule has 0 aromatic heterocycles. The zero-order valence-electron chi connectivity index (χ0n) is 15.3. The van der Waals surface area contributed by atoms with Crippen molar-refractivity contribution in [3.05, 3.63) is 65.7 Å². The standard InChI is InChI=1S/C22H26N2O2/c1-17-7-9-20(10-8-17)23-21(25)16-22(26)24-13-11-19(12-14-24)15-18-5-3-2-4-6-18/h2-10,19H,11-16H2,1H3,(H,23,25). The molecule has 2 amide bonds. The van der Waals surface area contributed by atoms with Crippen molar-refractivity contribution in [3.63, 3.8) is 0 Å². The minimum absolute atomic E-state index is 0.0761. The van der Waals surface area contributed by atoms with Crippen LogP contribution in [0.5, 0.6) is 0 Å². The maximum Gasteiger partial charge on any atom is 0.233 e. The number of nitrogens with one attached hydrogen (secondary N) is 1. The van der Waals surface area contributed by atoms with Crippen LogP contribution in [0.15, 0.2) is 54.6 Å². The highest BCUT2D eigenvalue weighted by Gasteiger charge is 2.24. The molecule has 136 valence electrons. The third kappa shape index (κ3) is 5.19. The minimum Gasteiger partial charge on any atom is -0.342 e. The molecular weight excluding hydrogens is 324 g/mol. The first-order valence-corrected chi connectivity index (χ1v) is 9.28. The zero-order chi connectivity index (χ0) is 18.4. The van der Waals surface area contributed by atoms with E-state index in [2.05, 4.69) is 29.6 Å². The van der Waals surface area contributed by atoms with Crippen LogP contribution in [0.1, 0.15) is 30.4 Å². The Morgan fingerprint density at radius 1 is 1.00 bits per heavy atom. The lowest BCUT2D eigenvalue weighted by molar-refractivity contribution is -0.135. The van der Waals surface area contributed by atoms with E-state index in [1.165, 1.54) is 5.56 Å². The molecule has 0 bridgehead atoms. The van der Waals surface area contributed by atoms with E-state index in [1.54, 1.807) is 0 Å². The van der Waals surface area contributed by atoms with Crippen LogP contribution >= 0.6 is 0 Å².